The van der Waals surface area contributed by atoms with Crippen molar-refractivity contribution in [2.45, 2.75) is 19.0 Å². The summed E-state index contributed by atoms with van der Waals surface area (Å²) in [4.78, 5) is 46.3. The Kier molecular flexibility index (Phi) is 8.07. The van der Waals surface area contributed by atoms with Crippen molar-refractivity contribution in [3.05, 3.63) is 82.1 Å². The van der Waals surface area contributed by atoms with Crippen molar-refractivity contribution in [3.63, 3.8) is 0 Å². The van der Waals surface area contributed by atoms with Gasteiger partial charge >= 0.3 is 0 Å². The summed E-state index contributed by atoms with van der Waals surface area (Å²) in [6.45, 7) is 1.85. The minimum absolute atomic E-state index is 0.0238. The number of likely N-dealkylation sites (tertiary alicyclic amines) is 1. The fourth-order valence-electron chi connectivity index (χ4n) is 3.94. The van der Waals surface area contributed by atoms with Crippen LogP contribution < -0.4 is 10.6 Å². The Morgan fingerprint density at radius 2 is 1.92 bits per heavy atom. The largest absolute Gasteiger partial charge is 0.349 e. The number of ketones is 1. The molecule has 1 saturated heterocycles. The van der Waals surface area contributed by atoms with E-state index in [2.05, 4.69) is 20.6 Å². The smallest absolute Gasteiger partial charge is 0.276 e. The zero-order chi connectivity index (χ0) is 25.7. The Hall–Kier alpha value is -3.63. The fourth-order valence-corrected chi connectivity index (χ4v) is 4.21. The Morgan fingerprint density at radius 1 is 1.14 bits per heavy atom. The number of nitrogens with one attached hydrogen (secondary N) is 3. The third-order valence-corrected chi connectivity index (χ3v) is 6.13. The predicted molar refractivity (Wildman–Crippen MR) is 131 cm³/mol. The maximum atomic E-state index is 13.3. The second kappa shape index (κ2) is 11.4. The van der Waals surface area contributed by atoms with E-state index in [0.29, 0.717) is 43.9 Å². The number of H-pyrrole nitrogens is 1. The van der Waals surface area contributed by atoms with E-state index in [4.69, 9.17) is 11.6 Å². The average Bonchev–Trinajstić information content (AvgIpc) is 3.49. The lowest BCUT2D eigenvalue weighted by atomic mass is 10.0. The van der Waals surface area contributed by atoms with Crippen LogP contribution >= 0.6 is 11.6 Å². The fraction of sp³-hybridized carbons (Fsp3) is 0.280. The number of carbonyl (C=O) groups is 3. The standard InChI is InChI=1S/C25H24ClF2N5O3/c26-20-12-16(27)3-6-19(20)21(34)11-15-1-4-18(5-2-15)32-25(36)23-22(30-14-31-23)24(35)29-8-10-33-9-7-17(28)13-33/h1-6,12,14,17H,7-11,13H2,(H,29,35)(H,30,31)(H,32,36)/t17-/m1/s1. The van der Waals surface area contributed by atoms with Crippen LogP contribution in [0.2, 0.25) is 5.02 Å². The second-order valence-corrected chi connectivity index (χ2v) is 8.85. The van der Waals surface area contributed by atoms with Gasteiger partial charge in [-0.3, -0.25) is 19.3 Å². The molecule has 1 aliphatic rings. The summed E-state index contributed by atoms with van der Waals surface area (Å²) >= 11 is 5.96. The van der Waals surface area contributed by atoms with Crippen LogP contribution in [0, 0.1) is 5.82 Å². The van der Waals surface area contributed by atoms with E-state index in [1.54, 1.807) is 24.3 Å². The molecule has 1 aliphatic heterocycles. The first-order valence-corrected chi connectivity index (χ1v) is 11.7. The van der Waals surface area contributed by atoms with Crippen molar-refractivity contribution >= 4 is 34.9 Å². The highest BCUT2D eigenvalue weighted by Crippen LogP contribution is 2.20. The van der Waals surface area contributed by atoms with Gasteiger partial charge in [-0.2, -0.15) is 0 Å². The number of anilines is 1. The molecule has 0 spiro atoms. The molecule has 0 unspecified atom stereocenters. The van der Waals surface area contributed by atoms with Crippen molar-refractivity contribution in [2.24, 2.45) is 0 Å². The van der Waals surface area contributed by atoms with Gasteiger partial charge in [0.05, 0.1) is 11.3 Å². The number of aromatic amines is 1. The first kappa shape index (κ1) is 25.5. The van der Waals surface area contributed by atoms with E-state index in [1.807, 2.05) is 4.90 Å². The zero-order valence-electron chi connectivity index (χ0n) is 19.2. The molecule has 0 radical (unpaired) electrons. The molecule has 1 aromatic heterocycles. The molecule has 4 rings (SSSR count). The first-order chi connectivity index (χ1) is 17.3. The molecule has 2 aromatic carbocycles. The van der Waals surface area contributed by atoms with E-state index in [0.717, 1.165) is 6.07 Å². The van der Waals surface area contributed by atoms with Gasteiger partial charge in [0, 0.05) is 43.9 Å². The summed E-state index contributed by atoms with van der Waals surface area (Å²) < 4.78 is 26.5. The minimum Gasteiger partial charge on any atom is -0.349 e. The van der Waals surface area contributed by atoms with Gasteiger partial charge in [-0.25, -0.2) is 13.8 Å². The highest BCUT2D eigenvalue weighted by Gasteiger charge is 2.23. The second-order valence-electron chi connectivity index (χ2n) is 8.44. The molecule has 8 nitrogen and oxygen atoms in total. The number of aromatic nitrogens is 2. The van der Waals surface area contributed by atoms with Crippen molar-refractivity contribution < 1.29 is 23.2 Å². The van der Waals surface area contributed by atoms with Gasteiger partial charge in [0.15, 0.2) is 11.5 Å². The van der Waals surface area contributed by atoms with Gasteiger partial charge in [-0.15, -0.1) is 0 Å². The van der Waals surface area contributed by atoms with Crippen LogP contribution in [-0.2, 0) is 6.42 Å². The van der Waals surface area contributed by atoms with Crippen LogP contribution in [0.5, 0.6) is 0 Å². The van der Waals surface area contributed by atoms with Crippen molar-refractivity contribution in [1.29, 1.82) is 0 Å². The number of imidazole rings is 1. The number of halogens is 3. The molecule has 2 heterocycles. The Bertz CT molecular complexity index is 1260. The monoisotopic (exact) mass is 515 g/mol. The summed E-state index contributed by atoms with van der Waals surface area (Å²) in [5.74, 6) is -1.85. The van der Waals surface area contributed by atoms with Crippen LogP contribution in [0.4, 0.5) is 14.5 Å². The van der Waals surface area contributed by atoms with Gasteiger partial charge in [0.2, 0.25) is 0 Å². The summed E-state index contributed by atoms with van der Waals surface area (Å²) in [6, 6.07) is 10.2. The quantitative estimate of drug-likeness (QED) is 0.377. The molecule has 1 atom stereocenters. The number of Topliss-reactive ketones (excluding diaryl/α,β-unsaturated/α-hetero) is 1. The highest BCUT2D eigenvalue weighted by molar-refractivity contribution is 6.34. The molecule has 0 saturated carbocycles. The highest BCUT2D eigenvalue weighted by atomic mass is 35.5. The maximum Gasteiger partial charge on any atom is 0.276 e. The Morgan fingerprint density at radius 3 is 2.61 bits per heavy atom. The van der Waals surface area contributed by atoms with Gasteiger partial charge in [-0.05, 0) is 42.3 Å². The Labute approximate surface area is 211 Å². The summed E-state index contributed by atoms with van der Waals surface area (Å²) in [5, 5.41) is 5.44. The lowest BCUT2D eigenvalue weighted by Gasteiger charge is -2.14. The summed E-state index contributed by atoms with van der Waals surface area (Å²) in [5.41, 5.74) is 1.31. The number of alkyl halides is 1. The lowest BCUT2D eigenvalue weighted by molar-refractivity contribution is 0.0931. The zero-order valence-corrected chi connectivity index (χ0v) is 19.9. The average molecular weight is 516 g/mol. The molecule has 2 amide bonds. The molecule has 0 aliphatic carbocycles. The van der Waals surface area contributed by atoms with Crippen LogP contribution in [0.1, 0.15) is 43.3 Å². The lowest BCUT2D eigenvalue weighted by Crippen LogP contribution is -2.35. The number of hydrogen-bond donors (Lipinski definition) is 3. The van der Waals surface area contributed by atoms with E-state index >= 15 is 0 Å². The number of amides is 2. The van der Waals surface area contributed by atoms with E-state index in [9.17, 15) is 23.2 Å². The SMILES string of the molecule is O=C(Cc1ccc(NC(=O)c2nc[nH]c2C(=O)NCCN2CC[C@@H](F)C2)cc1)c1ccc(F)cc1Cl. The number of benzene rings is 2. The summed E-state index contributed by atoms with van der Waals surface area (Å²) in [7, 11) is 0. The predicted octanol–water partition coefficient (Wildman–Crippen LogP) is 3.65. The van der Waals surface area contributed by atoms with Crippen LogP contribution in [-0.4, -0.2) is 64.8 Å². The third kappa shape index (κ3) is 6.32. The molecule has 3 N–H and O–H groups in total. The van der Waals surface area contributed by atoms with Crippen LogP contribution in [0.3, 0.4) is 0 Å². The van der Waals surface area contributed by atoms with Gasteiger partial charge < -0.3 is 15.6 Å². The number of carbonyl (C=O) groups excluding carboxylic acids is 3. The van der Waals surface area contributed by atoms with E-state index < -0.39 is 23.8 Å². The van der Waals surface area contributed by atoms with Gasteiger partial charge in [0.25, 0.3) is 11.8 Å². The topological polar surface area (TPSA) is 107 Å². The first-order valence-electron chi connectivity index (χ1n) is 11.4. The van der Waals surface area contributed by atoms with Gasteiger partial charge in [-0.1, -0.05) is 23.7 Å². The molecule has 0 bridgehead atoms. The molecule has 11 heteroatoms. The van der Waals surface area contributed by atoms with Crippen LogP contribution in [0.15, 0.2) is 48.8 Å². The number of hydrogen-bond acceptors (Lipinski definition) is 5. The van der Waals surface area contributed by atoms with E-state index in [1.165, 1.54) is 18.5 Å². The summed E-state index contributed by atoms with van der Waals surface area (Å²) in [6.07, 6.45) is 0.977. The number of nitrogens with zero attached hydrogens (tertiary/aromatic N) is 2. The molecule has 3 aromatic rings. The number of rotatable bonds is 9. The minimum atomic E-state index is -0.827. The van der Waals surface area contributed by atoms with Crippen molar-refractivity contribution in [1.82, 2.24) is 20.2 Å². The van der Waals surface area contributed by atoms with E-state index in [-0.39, 0.29) is 34.2 Å². The normalized spacial score (nSPS) is 15.6. The molecule has 1 fully saturated rings. The maximum absolute atomic E-state index is 13.3. The third-order valence-electron chi connectivity index (χ3n) is 5.82. The van der Waals surface area contributed by atoms with Crippen molar-refractivity contribution in [3.8, 4) is 0 Å². The molecule has 188 valence electrons. The molecule has 36 heavy (non-hydrogen) atoms. The van der Waals surface area contributed by atoms with Crippen molar-refractivity contribution in [2.75, 3.05) is 31.5 Å². The molecular weight excluding hydrogens is 492 g/mol. The van der Waals surface area contributed by atoms with Gasteiger partial charge in [0.1, 0.15) is 17.7 Å². The van der Waals surface area contributed by atoms with Crippen LogP contribution in [0.25, 0.3) is 0 Å². The Balaban J connectivity index is 1.31. The molecular formula is C25H24ClF2N5O3.